The van der Waals surface area contributed by atoms with Gasteiger partial charge in [-0.05, 0) is 13.0 Å². The van der Waals surface area contributed by atoms with E-state index in [4.69, 9.17) is 0 Å². The molecule has 0 spiro atoms. The van der Waals surface area contributed by atoms with Crippen molar-refractivity contribution in [2.45, 2.75) is 6.92 Å². The van der Waals surface area contributed by atoms with Gasteiger partial charge in [-0.25, -0.2) is 0 Å². The molecule has 0 atom stereocenters. The summed E-state index contributed by atoms with van der Waals surface area (Å²) in [6, 6.07) is 2.90. The van der Waals surface area contributed by atoms with E-state index in [1.165, 1.54) is 12.1 Å². The number of fused-ring (bicyclic) bond motifs is 1. The summed E-state index contributed by atoms with van der Waals surface area (Å²) in [6.07, 6.45) is 0.603. The highest BCUT2D eigenvalue weighted by molar-refractivity contribution is 5.98. The molecule has 0 radical (unpaired) electrons. The van der Waals surface area contributed by atoms with Crippen molar-refractivity contribution in [3.8, 4) is 0 Å². The summed E-state index contributed by atoms with van der Waals surface area (Å²) in [6.45, 7) is 1.60. The zero-order valence-electron chi connectivity index (χ0n) is 7.85. The monoisotopic (exact) mass is 205 g/mol. The molecule has 6 heteroatoms. The molecule has 0 fully saturated rings. The predicted octanol–water partition coefficient (Wildman–Crippen LogP) is 1.59. The first-order valence-corrected chi connectivity index (χ1v) is 4.22. The fourth-order valence-electron chi connectivity index (χ4n) is 1.58. The third-order valence-electron chi connectivity index (χ3n) is 2.30. The smallest absolute Gasteiger partial charge is 0.273 e. The van der Waals surface area contributed by atoms with Crippen LogP contribution in [0.15, 0.2) is 12.1 Å². The van der Waals surface area contributed by atoms with Crippen LogP contribution in [0.1, 0.15) is 16.1 Å². The van der Waals surface area contributed by atoms with Gasteiger partial charge >= 0.3 is 0 Å². The van der Waals surface area contributed by atoms with Gasteiger partial charge in [0.15, 0.2) is 6.29 Å². The summed E-state index contributed by atoms with van der Waals surface area (Å²) in [5.41, 5.74) is 1.27. The topological polar surface area (TPSA) is 88.9 Å². The number of aromatic nitrogens is 2. The lowest BCUT2D eigenvalue weighted by molar-refractivity contribution is -0.385. The Morgan fingerprint density at radius 1 is 1.53 bits per heavy atom. The Morgan fingerprint density at radius 2 is 2.27 bits per heavy atom. The van der Waals surface area contributed by atoms with E-state index in [9.17, 15) is 14.9 Å². The highest BCUT2D eigenvalue weighted by Crippen LogP contribution is 2.27. The number of nitro groups is 1. The molecule has 0 unspecified atom stereocenters. The highest BCUT2D eigenvalue weighted by atomic mass is 16.6. The average molecular weight is 205 g/mol. The van der Waals surface area contributed by atoms with Crippen molar-refractivity contribution >= 4 is 22.9 Å². The molecule has 1 aromatic heterocycles. The van der Waals surface area contributed by atoms with Crippen molar-refractivity contribution in [1.29, 1.82) is 0 Å². The van der Waals surface area contributed by atoms with Gasteiger partial charge in [0.05, 0.1) is 10.4 Å². The summed E-state index contributed by atoms with van der Waals surface area (Å²) < 4.78 is 0. The van der Waals surface area contributed by atoms with Crippen LogP contribution in [0.4, 0.5) is 5.69 Å². The Hall–Kier alpha value is -2.24. The second-order valence-electron chi connectivity index (χ2n) is 3.12. The van der Waals surface area contributed by atoms with Crippen LogP contribution in [0.3, 0.4) is 0 Å². The van der Waals surface area contributed by atoms with E-state index in [0.717, 1.165) is 0 Å². The lowest BCUT2D eigenvalue weighted by Crippen LogP contribution is -1.92. The van der Waals surface area contributed by atoms with E-state index in [2.05, 4.69) is 10.2 Å². The number of nitrogens with zero attached hydrogens (tertiary/aromatic N) is 2. The molecule has 1 aromatic carbocycles. The Balaban J connectivity index is 2.86. The number of benzene rings is 1. The lowest BCUT2D eigenvalue weighted by atomic mass is 10.1. The number of aryl methyl sites for hydroxylation is 1. The van der Waals surface area contributed by atoms with Gasteiger partial charge in [-0.3, -0.25) is 20.0 Å². The number of aromatic amines is 1. The van der Waals surface area contributed by atoms with E-state index in [1.807, 2.05) is 0 Å². The zero-order chi connectivity index (χ0) is 11.0. The maximum atomic E-state index is 10.7. The van der Waals surface area contributed by atoms with Gasteiger partial charge in [-0.1, -0.05) is 0 Å². The minimum absolute atomic E-state index is 0.00741. The molecule has 1 heterocycles. The van der Waals surface area contributed by atoms with Crippen LogP contribution in [-0.2, 0) is 0 Å². The third kappa shape index (κ3) is 1.26. The van der Waals surface area contributed by atoms with Gasteiger partial charge in [-0.2, -0.15) is 5.10 Å². The minimum Gasteiger partial charge on any atom is -0.296 e. The number of nitro benzene ring substituents is 1. The van der Waals surface area contributed by atoms with E-state index < -0.39 is 4.92 Å². The first-order chi connectivity index (χ1) is 7.15. The van der Waals surface area contributed by atoms with Crippen molar-refractivity contribution < 1.29 is 9.72 Å². The van der Waals surface area contributed by atoms with Crippen LogP contribution in [0.2, 0.25) is 0 Å². The van der Waals surface area contributed by atoms with Gasteiger partial charge in [0.1, 0.15) is 5.69 Å². The number of H-pyrrole nitrogens is 1. The number of aldehydes is 1. The molecule has 2 rings (SSSR count). The molecule has 0 amide bonds. The van der Waals surface area contributed by atoms with Crippen LogP contribution < -0.4 is 0 Å². The molecule has 1 N–H and O–H groups in total. The summed E-state index contributed by atoms with van der Waals surface area (Å²) in [7, 11) is 0. The van der Waals surface area contributed by atoms with Gasteiger partial charge in [0.2, 0.25) is 0 Å². The molecular weight excluding hydrogens is 198 g/mol. The summed E-state index contributed by atoms with van der Waals surface area (Å²) in [5, 5.41) is 17.6. The number of carbonyl (C=O) groups is 1. The SMILES string of the molecule is Cc1c([N+](=O)[O-])ccc2n[nH]c(C=O)c12. The molecule has 0 saturated heterocycles. The average Bonchev–Trinajstić information content (AvgIpc) is 2.61. The summed E-state index contributed by atoms with van der Waals surface area (Å²) in [4.78, 5) is 20.9. The van der Waals surface area contributed by atoms with Crippen molar-refractivity contribution in [2.24, 2.45) is 0 Å². The lowest BCUT2D eigenvalue weighted by Gasteiger charge is -1.97. The first-order valence-electron chi connectivity index (χ1n) is 4.22. The summed E-state index contributed by atoms with van der Waals surface area (Å²) in [5.74, 6) is 0. The number of carbonyl (C=O) groups excluding carboxylic acids is 1. The normalized spacial score (nSPS) is 10.5. The van der Waals surface area contributed by atoms with E-state index in [0.29, 0.717) is 22.8 Å². The van der Waals surface area contributed by atoms with E-state index in [-0.39, 0.29) is 11.4 Å². The Labute approximate surface area is 84.1 Å². The maximum absolute atomic E-state index is 10.7. The molecule has 2 aromatic rings. The van der Waals surface area contributed by atoms with Crippen molar-refractivity contribution in [1.82, 2.24) is 10.2 Å². The maximum Gasteiger partial charge on any atom is 0.273 e. The van der Waals surface area contributed by atoms with Crippen LogP contribution >= 0.6 is 0 Å². The molecule has 0 saturated carbocycles. The van der Waals surface area contributed by atoms with Crippen molar-refractivity contribution in [3.05, 3.63) is 33.5 Å². The quantitative estimate of drug-likeness (QED) is 0.458. The second kappa shape index (κ2) is 3.16. The Kier molecular flexibility index (Phi) is 1.96. The molecule has 0 aliphatic rings. The minimum atomic E-state index is -0.476. The second-order valence-corrected chi connectivity index (χ2v) is 3.12. The van der Waals surface area contributed by atoms with Gasteiger partial charge in [0, 0.05) is 17.0 Å². The fraction of sp³-hybridized carbons (Fsp3) is 0.111. The van der Waals surface area contributed by atoms with Crippen LogP contribution in [0, 0.1) is 17.0 Å². The molecule has 76 valence electrons. The Bertz CT molecular complexity index is 559. The van der Waals surface area contributed by atoms with Crippen LogP contribution in [0.5, 0.6) is 0 Å². The number of hydrogen-bond donors (Lipinski definition) is 1. The molecule has 0 bridgehead atoms. The standard InChI is InChI=1S/C9H7N3O3/c1-5-8(12(14)15)3-2-6-9(5)7(4-13)11-10-6/h2-4H,1H3,(H,10,11). The van der Waals surface area contributed by atoms with Crippen molar-refractivity contribution in [3.63, 3.8) is 0 Å². The first kappa shape index (κ1) is 9.32. The molecule has 0 aliphatic carbocycles. The van der Waals surface area contributed by atoms with Crippen molar-refractivity contribution in [2.75, 3.05) is 0 Å². The van der Waals surface area contributed by atoms with Gasteiger partial charge in [-0.15, -0.1) is 0 Å². The number of hydrogen-bond acceptors (Lipinski definition) is 4. The molecule has 6 nitrogen and oxygen atoms in total. The molecular formula is C9H7N3O3. The largest absolute Gasteiger partial charge is 0.296 e. The van der Waals surface area contributed by atoms with Gasteiger partial charge < -0.3 is 0 Å². The predicted molar refractivity (Wildman–Crippen MR) is 52.9 cm³/mol. The van der Waals surface area contributed by atoms with Crippen LogP contribution in [0.25, 0.3) is 10.9 Å². The van der Waals surface area contributed by atoms with E-state index in [1.54, 1.807) is 6.92 Å². The highest BCUT2D eigenvalue weighted by Gasteiger charge is 2.16. The third-order valence-corrected chi connectivity index (χ3v) is 2.30. The van der Waals surface area contributed by atoms with Gasteiger partial charge in [0.25, 0.3) is 5.69 Å². The fourth-order valence-corrected chi connectivity index (χ4v) is 1.58. The summed E-state index contributed by atoms with van der Waals surface area (Å²) >= 11 is 0. The Morgan fingerprint density at radius 3 is 2.87 bits per heavy atom. The van der Waals surface area contributed by atoms with E-state index >= 15 is 0 Å². The number of rotatable bonds is 2. The van der Waals surface area contributed by atoms with Crippen LogP contribution in [-0.4, -0.2) is 21.4 Å². The zero-order valence-corrected chi connectivity index (χ0v) is 7.85. The number of nitrogens with one attached hydrogen (secondary N) is 1. The molecule has 0 aliphatic heterocycles. The molecule has 15 heavy (non-hydrogen) atoms.